The number of aliphatic hydroxyl groups excluding tert-OH is 1. The summed E-state index contributed by atoms with van der Waals surface area (Å²) >= 11 is 0. The summed E-state index contributed by atoms with van der Waals surface area (Å²) in [6.07, 6.45) is 6.25. The molecule has 4 nitrogen and oxygen atoms in total. The number of carbonyl (C=O) groups excluding carboxylic acids is 1. The Morgan fingerprint density at radius 2 is 1.94 bits per heavy atom. The van der Waals surface area contributed by atoms with Gasteiger partial charge in [-0.3, -0.25) is 4.79 Å². The van der Waals surface area contributed by atoms with Crippen LogP contribution in [0.1, 0.15) is 44.9 Å². The van der Waals surface area contributed by atoms with Gasteiger partial charge in [-0.2, -0.15) is 0 Å². The molecule has 1 atom stereocenters. The van der Waals surface area contributed by atoms with Gasteiger partial charge in [-0.25, -0.2) is 0 Å². The summed E-state index contributed by atoms with van der Waals surface area (Å²) in [5.74, 6) is 0.0611. The lowest BCUT2D eigenvalue weighted by molar-refractivity contribution is -0.141. The topological polar surface area (TPSA) is 66.6 Å². The van der Waals surface area contributed by atoms with E-state index in [2.05, 4.69) is 0 Å². The summed E-state index contributed by atoms with van der Waals surface area (Å²) in [6.45, 7) is 1.23. The van der Waals surface area contributed by atoms with Gasteiger partial charge < -0.3 is 15.7 Å². The van der Waals surface area contributed by atoms with E-state index in [1.807, 2.05) is 0 Å². The Kier molecular flexibility index (Phi) is 3.50. The number of likely N-dealkylation sites (tertiary alicyclic amines) is 1. The summed E-state index contributed by atoms with van der Waals surface area (Å²) in [5, 5.41) is 9.58. The largest absolute Gasteiger partial charge is 0.391 e. The van der Waals surface area contributed by atoms with Gasteiger partial charge >= 0.3 is 0 Å². The number of amides is 1. The molecular weight excluding hydrogens is 204 g/mol. The molecule has 2 fully saturated rings. The molecule has 0 spiro atoms. The lowest BCUT2D eigenvalue weighted by Gasteiger charge is -2.39. The normalized spacial score (nSPS) is 30.1. The van der Waals surface area contributed by atoms with Gasteiger partial charge in [-0.15, -0.1) is 0 Å². The van der Waals surface area contributed by atoms with Crippen LogP contribution in [0.5, 0.6) is 0 Å². The number of hydrogen-bond donors (Lipinski definition) is 2. The molecule has 1 unspecified atom stereocenters. The van der Waals surface area contributed by atoms with Gasteiger partial charge in [0.25, 0.3) is 0 Å². The van der Waals surface area contributed by atoms with Gasteiger partial charge in [-0.1, -0.05) is 19.3 Å². The Labute approximate surface area is 96.8 Å². The summed E-state index contributed by atoms with van der Waals surface area (Å²) in [7, 11) is 0. The zero-order valence-corrected chi connectivity index (χ0v) is 9.82. The average Bonchev–Trinajstić information content (AvgIpc) is 2.29. The van der Waals surface area contributed by atoms with Crippen molar-refractivity contribution in [3.05, 3.63) is 0 Å². The second kappa shape index (κ2) is 4.72. The molecule has 16 heavy (non-hydrogen) atoms. The molecule has 1 saturated carbocycles. The summed E-state index contributed by atoms with van der Waals surface area (Å²) in [5.41, 5.74) is 5.56. The SMILES string of the molecule is NC1(C(=O)N2CCCC(O)C2)CCCCC1. The maximum absolute atomic E-state index is 12.3. The monoisotopic (exact) mass is 226 g/mol. The third kappa shape index (κ3) is 2.38. The van der Waals surface area contributed by atoms with E-state index in [1.54, 1.807) is 4.90 Å². The van der Waals surface area contributed by atoms with Crippen LogP contribution in [0.4, 0.5) is 0 Å². The number of β-amino-alcohol motifs (C(OH)–C–C–N with tert-alkyl or cyclic N) is 1. The molecule has 2 rings (SSSR count). The van der Waals surface area contributed by atoms with Crippen molar-refractivity contribution in [1.82, 2.24) is 4.90 Å². The zero-order chi connectivity index (χ0) is 11.6. The molecule has 1 aliphatic heterocycles. The first-order valence-electron chi connectivity index (χ1n) is 6.38. The molecule has 92 valence electrons. The number of hydrogen-bond acceptors (Lipinski definition) is 3. The van der Waals surface area contributed by atoms with Gasteiger partial charge in [0, 0.05) is 13.1 Å². The Bertz CT molecular complexity index is 262. The minimum Gasteiger partial charge on any atom is -0.391 e. The van der Waals surface area contributed by atoms with E-state index in [1.165, 1.54) is 6.42 Å². The standard InChI is InChI=1S/C12H22N2O2/c13-12(6-2-1-3-7-12)11(16)14-8-4-5-10(15)9-14/h10,15H,1-9,13H2. The molecular formula is C12H22N2O2. The smallest absolute Gasteiger partial charge is 0.242 e. The summed E-state index contributed by atoms with van der Waals surface area (Å²) in [6, 6.07) is 0. The molecule has 3 N–H and O–H groups in total. The fourth-order valence-electron chi connectivity index (χ4n) is 2.85. The van der Waals surface area contributed by atoms with Crippen molar-refractivity contribution in [2.75, 3.05) is 13.1 Å². The van der Waals surface area contributed by atoms with Gasteiger partial charge in [0.1, 0.15) is 0 Å². The van der Waals surface area contributed by atoms with E-state index in [4.69, 9.17) is 5.73 Å². The first-order valence-corrected chi connectivity index (χ1v) is 6.38. The second-order valence-electron chi connectivity index (χ2n) is 5.26. The van der Waals surface area contributed by atoms with Crippen LogP contribution in [-0.4, -0.2) is 40.6 Å². The highest BCUT2D eigenvalue weighted by Crippen LogP contribution is 2.28. The van der Waals surface area contributed by atoms with E-state index in [9.17, 15) is 9.90 Å². The van der Waals surface area contributed by atoms with Crippen molar-refractivity contribution in [3.63, 3.8) is 0 Å². The molecule has 1 heterocycles. The first-order chi connectivity index (χ1) is 7.62. The molecule has 0 aromatic rings. The number of nitrogens with two attached hydrogens (primary N) is 1. The predicted molar refractivity (Wildman–Crippen MR) is 61.8 cm³/mol. The minimum absolute atomic E-state index is 0.0611. The van der Waals surface area contributed by atoms with Crippen molar-refractivity contribution < 1.29 is 9.90 Å². The lowest BCUT2D eigenvalue weighted by Crippen LogP contribution is -2.58. The van der Waals surface area contributed by atoms with Gasteiger partial charge in [0.05, 0.1) is 11.6 Å². The van der Waals surface area contributed by atoms with Crippen LogP contribution in [0.2, 0.25) is 0 Å². The third-order valence-electron chi connectivity index (χ3n) is 3.86. The molecule has 2 aliphatic rings. The quantitative estimate of drug-likeness (QED) is 0.689. The maximum atomic E-state index is 12.3. The van der Waals surface area contributed by atoms with Gasteiger partial charge in [0.2, 0.25) is 5.91 Å². The summed E-state index contributed by atoms with van der Waals surface area (Å²) in [4.78, 5) is 14.1. The molecule has 1 aliphatic carbocycles. The molecule has 0 bridgehead atoms. The molecule has 0 aromatic carbocycles. The number of rotatable bonds is 1. The first kappa shape index (κ1) is 11.9. The Balaban J connectivity index is 1.99. The van der Waals surface area contributed by atoms with Crippen LogP contribution in [0.15, 0.2) is 0 Å². The Hall–Kier alpha value is -0.610. The van der Waals surface area contributed by atoms with Crippen molar-refractivity contribution in [3.8, 4) is 0 Å². The average molecular weight is 226 g/mol. The summed E-state index contributed by atoms with van der Waals surface area (Å²) < 4.78 is 0. The number of nitrogens with zero attached hydrogens (tertiary/aromatic N) is 1. The molecule has 4 heteroatoms. The Morgan fingerprint density at radius 1 is 1.25 bits per heavy atom. The zero-order valence-electron chi connectivity index (χ0n) is 9.82. The van der Waals surface area contributed by atoms with E-state index in [0.29, 0.717) is 6.54 Å². The van der Waals surface area contributed by atoms with Crippen molar-refractivity contribution in [2.45, 2.75) is 56.6 Å². The van der Waals surface area contributed by atoms with Crippen LogP contribution in [-0.2, 0) is 4.79 Å². The third-order valence-corrected chi connectivity index (χ3v) is 3.86. The van der Waals surface area contributed by atoms with Crippen LogP contribution < -0.4 is 5.73 Å². The van der Waals surface area contributed by atoms with E-state index < -0.39 is 5.54 Å². The predicted octanol–water partition coefficient (Wildman–Crippen LogP) is 0.631. The second-order valence-corrected chi connectivity index (χ2v) is 5.26. The number of carbonyl (C=O) groups is 1. The van der Waals surface area contributed by atoms with Gasteiger partial charge in [-0.05, 0) is 25.7 Å². The molecule has 0 radical (unpaired) electrons. The minimum atomic E-state index is -0.644. The fourth-order valence-corrected chi connectivity index (χ4v) is 2.85. The van der Waals surface area contributed by atoms with E-state index in [0.717, 1.165) is 45.1 Å². The molecule has 1 amide bonds. The van der Waals surface area contributed by atoms with Crippen molar-refractivity contribution in [1.29, 1.82) is 0 Å². The van der Waals surface area contributed by atoms with Crippen molar-refractivity contribution in [2.24, 2.45) is 5.73 Å². The number of aliphatic hydroxyl groups is 1. The van der Waals surface area contributed by atoms with E-state index >= 15 is 0 Å². The number of piperidine rings is 1. The highest BCUT2D eigenvalue weighted by Gasteiger charge is 2.39. The van der Waals surface area contributed by atoms with Crippen LogP contribution in [0, 0.1) is 0 Å². The maximum Gasteiger partial charge on any atom is 0.242 e. The van der Waals surface area contributed by atoms with E-state index in [-0.39, 0.29) is 12.0 Å². The highest BCUT2D eigenvalue weighted by molar-refractivity contribution is 5.86. The Morgan fingerprint density at radius 3 is 2.56 bits per heavy atom. The molecule has 0 aromatic heterocycles. The van der Waals surface area contributed by atoms with Crippen LogP contribution in [0.3, 0.4) is 0 Å². The molecule has 1 saturated heterocycles. The lowest BCUT2D eigenvalue weighted by atomic mass is 9.81. The van der Waals surface area contributed by atoms with Gasteiger partial charge in [0.15, 0.2) is 0 Å². The fraction of sp³-hybridized carbons (Fsp3) is 0.917. The van der Waals surface area contributed by atoms with Crippen molar-refractivity contribution >= 4 is 5.91 Å². The highest BCUT2D eigenvalue weighted by atomic mass is 16.3. The van der Waals surface area contributed by atoms with Crippen LogP contribution in [0.25, 0.3) is 0 Å². The van der Waals surface area contributed by atoms with Crippen LogP contribution >= 0.6 is 0 Å².